The number of rotatable bonds is 31. The molecule has 5 aliphatic rings. The fraction of sp³-hybridized carbons (Fsp3) is 0.150. The summed E-state index contributed by atoms with van der Waals surface area (Å²) in [4.78, 5) is 140. The maximum Gasteiger partial charge on any atom is 0.346 e. The summed E-state index contributed by atoms with van der Waals surface area (Å²) in [6.45, 7) is 4.19. The van der Waals surface area contributed by atoms with Gasteiger partial charge in [-0.3, -0.25) is 24.0 Å². The standard InChI is InChI=1S/C39H34O6.C31H26O4.2C17H12O6.C8H4O3.CH4/c1-3-37(41)33-12-4-5-13-34(33)38(42)45-25-28(40)24-44-30-22-18-27(19-23-30)39(26-16-20-29(43-2)21-17-26)35-14-8-6-10-31(35)32-11-7-9-15-36(32)39;1-3-7-29-27(5-1)28-6-2-4-8-30(28)31(29,21-9-13-23(14-10-21)32-17-25-19-34-25)22-11-15-24(16-12-22)33-18-26-20-35-26;2*18-14(10-5-1-3-7-12(10)16(20)21)9-15(19)11-6-2-4-8-13(11)17(22)23;9-7-5-3-1-2-4-6(5)8(10)11-7;/h4-23,28,40H,3,24-25H2,1-2H3;1-16,25-26H,17-20H2;2*1-8H,9H2,(H,20,21)(H,22,23);1-4H;1H4. The van der Waals surface area contributed by atoms with E-state index >= 15 is 0 Å². The highest BCUT2D eigenvalue weighted by molar-refractivity contribution is 6.20. The molecule has 3 atom stereocenters. The van der Waals surface area contributed by atoms with Gasteiger partial charge in [0.15, 0.2) is 28.9 Å². The first kappa shape index (κ1) is 97.0. The number of aromatic carboxylic acids is 4. The normalized spacial score (nSPS) is 14.1. The summed E-state index contributed by atoms with van der Waals surface area (Å²) < 4.78 is 43.5. The van der Waals surface area contributed by atoms with E-state index in [1.54, 1.807) is 62.6 Å². The summed E-state index contributed by atoms with van der Waals surface area (Å²) in [7, 11) is 1.67. The van der Waals surface area contributed by atoms with Crippen LogP contribution in [-0.4, -0.2) is 161 Å². The number of esters is 3. The van der Waals surface area contributed by atoms with Gasteiger partial charge < -0.3 is 63.4 Å². The molecular weight excluding hydrogens is 1760 g/mol. The van der Waals surface area contributed by atoms with Crippen molar-refractivity contribution in [3.8, 4) is 45.3 Å². The number of methoxy groups -OCH3 is 1. The Bertz CT molecular complexity index is 6490. The molecule has 0 saturated carbocycles. The summed E-state index contributed by atoms with van der Waals surface area (Å²) in [5.41, 5.74) is 13.7. The second-order valence-electron chi connectivity index (χ2n) is 32.1. The average molecular weight is 1850 g/mol. The summed E-state index contributed by atoms with van der Waals surface area (Å²) in [6.07, 6.45) is -1.51. The minimum Gasteiger partial charge on any atom is -0.497 e. The van der Waals surface area contributed by atoms with E-state index in [2.05, 4.69) is 175 Å². The molecule has 0 radical (unpaired) electrons. The maximum atomic E-state index is 12.7. The third kappa shape index (κ3) is 21.3. The zero-order valence-electron chi connectivity index (χ0n) is 73.8. The van der Waals surface area contributed by atoms with Gasteiger partial charge in [0.25, 0.3) is 0 Å². The Morgan fingerprint density at radius 3 is 0.841 bits per heavy atom. The molecule has 14 aromatic rings. The Kier molecular flexibility index (Phi) is 30.8. The molecule has 138 heavy (non-hydrogen) atoms. The van der Waals surface area contributed by atoms with E-state index in [1.165, 1.54) is 153 Å². The van der Waals surface area contributed by atoms with Gasteiger partial charge in [0.2, 0.25) is 0 Å². The fourth-order valence-electron chi connectivity index (χ4n) is 16.9. The zero-order valence-corrected chi connectivity index (χ0v) is 73.8. The summed E-state index contributed by atoms with van der Waals surface area (Å²) in [5.74, 6) is -6.58. The third-order valence-electron chi connectivity index (χ3n) is 23.6. The van der Waals surface area contributed by atoms with Crippen LogP contribution in [0.15, 0.2) is 340 Å². The maximum absolute atomic E-state index is 12.7. The lowest BCUT2D eigenvalue weighted by molar-refractivity contribution is 0.0128. The number of carbonyl (C=O) groups excluding carboxylic acids is 8. The van der Waals surface area contributed by atoms with Crippen LogP contribution >= 0.6 is 0 Å². The molecule has 25 heteroatoms. The lowest BCUT2D eigenvalue weighted by atomic mass is 9.68. The lowest BCUT2D eigenvalue weighted by Crippen LogP contribution is -2.28. The van der Waals surface area contributed by atoms with Crippen molar-refractivity contribution in [2.75, 3.05) is 46.8 Å². The van der Waals surface area contributed by atoms with Crippen LogP contribution in [0.2, 0.25) is 0 Å². The predicted octanol–water partition coefficient (Wildman–Crippen LogP) is 19.6. The number of carboxylic acids is 4. The van der Waals surface area contributed by atoms with Gasteiger partial charge >= 0.3 is 41.8 Å². The summed E-state index contributed by atoms with van der Waals surface area (Å²) >= 11 is 0. The summed E-state index contributed by atoms with van der Waals surface area (Å²) in [6, 6.07) is 103. The molecule has 5 N–H and O–H groups in total. The van der Waals surface area contributed by atoms with Crippen LogP contribution < -0.4 is 18.9 Å². The molecule has 2 aliphatic carbocycles. The minimum absolute atomic E-state index is 0. The van der Waals surface area contributed by atoms with Gasteiger partial charge in [-0.1, -0.05) is 263 Å². The predicted molar refractivity (Wildman–Crippen MR) is 510 cm³/mol. The van der Waals surface area contributed by atoms with Gasteiger partial charge in [-0.05, 0) is 158 Å². The molecule has 19 rings (SSSR count). The van der Waals surface area contributed by atoms with E-state index < -0.39 is 94.7 Å². The van der Waals surface area contributed by atoms with E-state index in [0.29, 0.717) is 35.7 Å². The molecule has 0 aromatic heterocycles. The topological polar surface area (TPSA) is 386 Å². The molecule has 25 nitrogen and oxygen atoms in total. The number of cyclic esters (lactones) is 2. The second kappa shape index (κ2) is 43.8. The number of ether oxygens (including phenoxy) is 8. The van der Waals surface area contributed by atoms with Crippen molar-refractivity contribution in [3.05, 3.63) is 451 Å². The van der Waals surface area contributed by atoms with Crippen molar-refractivity contribution in [2.45, 2.75) is 62.8 Å². The van der Waals surface area contributed by atoms with Crippen molar-refractivity contribution in [1.29, 1.82) is 0 Å². The van der Waals surface area contributed by atoms with Crippen LogP contribution in [0.4, 0.5) is 0 Å². The van der Waals surface area contributed by atoms with Crippen molar-refractivity contribution in [2.24, 2.45) is 0 Å². The Labute approximate surface area is 793 Å². The highest BCUT2D eigenvalue weighted by Crippen LogP contribution is 2.58. The number of fused-ring (bicyclic) bond motifs is 7. The van der Waals surface area contributed by atoms with Crippen LogP contribution in [0.3, 0.4) is 0 Å². The van der Waals surface area contributed by atoms with Crippen molar-refractivity contribution in [1.82, 2.24) is 0 Å². The first-order chi connectivity index (χ1) is 66.4. The molecular formula is C113H92O25. The number of benzene rings is 14. The second-order valence-corrected chi connectivity index (χ2v) is 32.1. The van der Waals surface area contributed by atoms with Gasteiger partial charge in [-0.2, -0.15) is 0 Å². The average Bonchev–Trinajstić information content (AvgIpc) is 1.54. The Morgan fingerprint density at radius 1 is 0.319 bits per heavy atom. The van der Waals surface area contributed by atoms with Crippen molar-refractivity contribution in [3.63, 3.8) is 0 Å². The Balaban J connectivity index is 0.000000146. The molecule has 0 spiro atoms. The smallest absolute Gasteiger partial charge is 0.346 e. The zero-order chi connectivity index (χ0) is 96.4. The molecule has 3 aliphatic heterocycles. The van der Waals surface area contributed by atoms with Crippen LogP contribution in [0.1, 0.15) is 202 Å². The molecule has 2 fully saturated rings. The fourth-order valence-corrected chi connectivity index (χ4v) is 16.9. The van der Waals surface area contributed by atoms with Gasteiger partial charge in [-0.15, -0.1) is 0 Å². The first-order valence-corrected chi connectivity index (χ1v) is 43.6. The van der Waals surface area contributed by atoms with Crippen LogP contribution in [0, 0.1) is 0 Å². The Hall–Kier alpha value is -17.0. The molecule has 0 bridgehead atoms. The number of aliphatic hydroxyl groups excluding tert-OH is 1. The van der Waals surface area contributed by atoms with Crippen LogP contribution in [0.5, 0.6) is 23.0 Å². The van der Waals surface area contributed by atoms with E-state index in [0.717, 1.165) is 41.6 Å². The molecule has 2 saturated heterocycles. The van der Waals surface area contributed by atoms with E-state index in [4.69, 9.17) is 53.6 Å². The highest BCUT2D eigenvalue weighted by Gasteiger charge is 2.48. The lowest BCUT2D eigenvalue weighted by Gasteiger charge is -2.34. The number of carboxylic acid groups (broad SMARTS) is 4. The van der Waals surface area contributed by atoms with Crippen LogP contribution in [-0.2, 0) is 29.8 Å². The van der Waals surface area contributed by atoms with Gasteiger partial charge in [0, 0.05) is 34.2 Å². The third-order valence-corrected chi connectivity index (χ3v) is 23.6. The van der Waals surface area contributed by atoms with Crippen molar-refractivity contribution < 1.29 is 121 Å². The Morgan fingerprint density at radius 2 is 0.565 bits per heavy atom. The molecule has 694 valence electrons. The van der Waals surface area contributed by atoms with E-state index in [9.17, 15) is 62.6 Å². The number of epoxide rings is 2. The van der Waals surface area contributed by atoms with Gasteiger partial charge in [0.05, 0.1) is 82.9 Å². The molecule has 3 unspecified atom stereocenters. The number of hydrogen-bond donors (Lipinski definition) is 5. The number of ketones is 5. The van der Waals surface area contributed by atoms with Crippen molar-refractivity contribution >= 4 is 70.7 Å². The van der Waals surface area contributed by atoms with Crippen LogP contribution in [0.25, 0.3) is 22.3 Å². The van der Waals surface area contributed by atoms with Gasteiger partial charge in [0.1, 0.15) is 67.7 Å². The largest absolute Gasteiger partial charge is 0.497 e. The van der Waals surface area contributed by atoms with E-state index in [-0.39, 0.29) is 95.1 Å². The summed E-state index contributed by atoms with van der Waals surface area (Å²) in [5, 5.41) is 46.8. The first-order valence-electron chi connectivity index (χ1n) is 43.6. The minimum atomic E-state index is -1.27. The van der Waals surface area contributed by atoms with Gasteiger partial charge in [-0.25, -0.2) is 33.6 Å². The SMILES string of the molecule is C.CCC(=O)c1ccccc1C(=O)OCC(O)COc1ccc(C2(c3ccc(OC)cc3)c3ccccc3-c3ccccc32)cc1.O=C(O)c1ccccc1C(=O)CC(=O)c1ccccc1C(=O)O.O=C(O)c1ccccc1C(=O)CC(=O)c1ccccc1C(=O)O.O=C1OC(=O)c2ccccc21.c1ccc2c(c1)-c1ccccc1C2(c1ccc(OCC2CO2)cc1)c1ccc(OCC2CO2)cc1. The quantitative estimate of drug-likeness (QED) is 0.0117. The molecule has 14 aromatic carbocycles. The molecule has 3 heterocycles. The molecule has 0 amide bonds. The number of aliphatic hydroxyl groups is 1. The number of carbonyl (C=O) groups is 12. The number of hydrogen-bond acceptors (Lipinski definition) is 21. The monoisotopic (exact) mass is 1850 g/mol. The highest BCUT2D eigenvalue weighted by atomic mass is 16.6. The number of Topliss-reactive ketones (excluding diaryl/α,β-unsaturated/α-hetero) is 5. The van der Waals surface area contributed by atoms with E-state index in [1.807, 2.05) is 24.3 Å².